The number of hydrogen-bond acceptors (Lipinski definition) is 5. The Morgan fingerprint density at radius 3 is 2.90 bits per heavy atom. The van der Waals surface area contributed by atoms with E-state index in [9.17, 15) is 4.79 Å². The predicted octanol–water partition coefficient (Wildman–Crippen LogP) is 1.71. The number of carbonyl (C=O) groups excluding carboxylic acids is 1. The molecule has 108 valence electrons. The summed E-state index contributed by atoms with van der Waals surface area (Å²) in [6, 6.07) is 5.34. The van der Waals surface area contributed by atoms with Crippen LogP contribution in [0.4, 0.5) is 0 Å². The second kappa shape index (κ2) is 5.07. The van der Waals surface area contributed by atoms with Crippen LogP contribution in [-0.2, 0) is 4.74 Å². The summed E-state index contributed by atoms with van der Waals surface area (Å²) in [5.41, 5.74) is 0.478. The molecule has 1 aromatic rings. The third-order valence-electron chi connectivity index (χ3n) is 3.57. The van der Waals surface area contributed by atoms with Crippen LogP contribution < -0.4 is 9.47 Å². The second-order valence-corrected chi connectivity index (χ2v) is 5.81. The first-order valence-electron chi connectivity index (χ1n) is 6.83. The van der Waals surface area contributed by atoms with Gasteiger partial charge in [-0.1, -0.05) is 0 Å². The topological polar surface area (TPSA) is 48.0 Å². The summed E-state index contributed by atoms with van der Waals surface area (Å²) in [6.45, 7) is 6.95. The lowest BCUT2D eigenvalue weighted by Crippen LogP contribution is -2.49. The SMILES string of the molecule is CC1(C)CN(CC(=O)c2ccc3c(c2)OCO3)CCO1. The Morgan fingerprint density at radius 2 is 2.10 bits per heavy atom. The summed E-state index contributed by atoms with van der Waals surface area (Å²) >= 11 is 0. The van der Waals surface area contributed by atoms with E-state index < -0.39 is 0 Å². The van der Waals surface area contributed by atoms with Crippen LogP contribution >= 0.6 is 0 Å². The molecule has 0 unspecified atom stereocenters. The normalized spacial score (nSPS) is 20.9. The third-order valence-corrected chi connectivity index (χ3v) is 3.57. The summed E-state index contributed by atoms with van der Waals surface area (Å²) < 4.78 is 16.2. The molecule has 0 spiro atoms. The number of Topliss-reactive ketones (excluding diaryl/α,β-unsaturated/α-hetero) is 1. The van der Waals surface area contributed by atoms with Gasteiger partial charge >= 0.3 is 0 Å². The summed E-state index contributed by atoms with van der Waals surface area (Å²) in [5.74, 6) is 1.45. The fourth-order valence-electron chi connectivity index (χ4n) is 2.61. The van der Waals surface area contributed by atoms with Crippen molar-refractivity contribution in [2.24, 2.45) is 0 Å². The predicted molar refractivity (Wildman–Crippen MR) is 73.4 cm³/mol. The van der Waals surface area contributed by atoms with Crippen molar-refractivity contribution in [1.82, 2.24) is 4.90 Å². The number of nitrogens with zero attached hydrogens (tertiary/aromatic N) is 1. The molecule has 2 aliphatic heterocycles. The van der Waals surface area contributed by atoms with Gasteiger partial charge in [0, 0.05) is 18.7 Å². The molecule has 2 aliphatic rings. The van der Waals surface area contributed by atoms with Crippen molar-refractivity contribution in [3.8, 4) is 11.5 Å². The van der Waals surface area contributed by atoms with Gasteiger partial charge in [-0.05, 0) is 32.0 Å². The Balaban J connectivity index is 1.67. The summed E-state index contributed by atoms with van der Waals surface area (Å²) in [4.78, 5) is 14.5. The van der Waals surface area contributed by atoms with E-state index in [1.54, 1.807) is 18.2 Å². The molecular weight excluding hydrogens is 258 g/mol. The molecule has 0 saturated carbocycles. The van der Waals surface area contributed by atoms with Gasteiger partial charge in [0.25, 0.3) is 0 Å². The Bertz CT molecular complexity index is 527. The average molecular weight is 277 g/mol. The van der Waals surface area contributed by atoms with Gasteiger partial charge in [0.05, 0.1) is 18.8 Å². The largest absolute Gasteiger partial charge is 0.454 e. The first-order valence-corrected chi connectivity index (χ1v) is 6.83. The van der Waals surface area contributed by atoms with Crippen molar-refractivity contribution >= 4 is 5.78 Å². The molecule has 0 N–H and O–H groups in total. The highest BCUT2D eigenvalue weighted by Crippen LogP contribution is 2.32. The molecule has 5 heteroatoms. The highest BCUT2D eigenvalue weighted by molar-refractivity contribution is 5.98. The molecule has 1 fully saturated rings. The lowest BCUT2D eigenvalue weighted by Gasteiger charge is -2.37. The van der Waals surface area contributed by atoms with E-state index in [0.717, 1.165) is 13.1 Å². The summed E-state index contributed by atoms with van der Waals surface area (Å²) in [5, 5.41) is 0. The molecule has 5 nitrogen and oxygen atoms in total. The number of carbonyl (C=O) groups is 1. The average Bonchev–Trinajstić information content (AvgIpc) is 2.84. The molecule has 1 aromatic carbocycles. The van der Waals surface area contributed by atoms with Gasteiger partial charge < -0.3 is 14.2 Å². The number of ether oxygens (including phenoxy) is 3. The molecule has 0 atom stereocenters. The number of benzene rings is 1. The van der Waals surface area contributed by atoms with E-state index >= 15 is 0 Å². The first kappa shape index (κ1) is 13.4. The van der Waals surface area contributed by atoms with Crippen LogP contribution in [0.5, 0.6) is 11.5 Å². The van der Waals surface area contributed by atoms with E-state index in [0.29, 0.717) is 30.2 Å². The van der Waals surface area contributed by atoms with Crippen LogP contribution in [-0.4, -0.2) is 49.3 Å². The van der Waals surface area contributed by atoms with Gasteiger partial charge in [-0.2, -0.15) is 0 Å². The standard InChI is InChI=1S/C15H19NO4/c1-15(2)9-16(5-6-20-15)8-12(17)11-3-4-13-14(7-11)19-10-18-13/h3-4,7H,5-6,8-10H2,1-2H3. The summed E-state index contributed by atoms with van der Waals surface area (Å²) in [7, 11) is 0. The first-order chi connectivity index (χ1) is 9.53. The number of fused-ring (bicyclic) bond motifs is 1. The maximum atomic E-state index is 12.3. The van der Waals surface area contributed by atoms with Crippen molar-refractivity contribution in [2.75, 3.05) is 33.0 Å². The summed E-state index contributed by atoms with van der Waals surface area (Å²) in [6.07, 6.45) is 0. The lowest BCUT2D eigenvalue weighted by atomic mass is 10.1. The van der Waals surface area contributed by atoms with Gasteiger partial charge in [-0.3, -0.25) is 9.69 Å². The third kappa shape index (κ3) is 2.78. The minimum absolute atomic E-state index is 0.0981. The van der Waals surface area contributed by atoms with Crippen LogP contribution in [0, 0.1) is 0 Å². The van der Waals surface area contributed by atoms with Gasteiger partial charge in [-0.25, -0.2) is 0 Å². The Hall–Kier alpha value is -1.59. The molecular formula is C15H19NO4. The Kier molecular flexibility index (Phi) is 3.40. The van der Waals surface area contributed by atoms with E-state index in [1.165, 1.54) is 0 Å². The van der Waals surface area contributed by atoms with Crippen molar-refractivity contribution in [1.29, 1.82) is 0 Å². The number of morpholine rings is 1. The zero-order valence-electron chi connectivity index (χ0n) is 11.8. The smallest absolute Gasteiger partial charge is 0.231 e. The lowest BCUT2D eigenvalue weighted by molar-refractivity contribution is -0.0833. The maximum absolute atomic E-state index is 12.3. The fraction of sp³-hybridized carbons (Fsp3) is 0.533. The van der Waals surface area contributed by atoms with Crippen LogP contribution in [0.1, 0.15) is 24.2 Å². The zero-order chi connectivity index (χ0) is 14.2. The van der Waals surface area contributed by atoms with Gasteiger partial charge in [0.1, 0.15) is 0 Å². The monoisotopic (exact) mass is 277 g/mol. The number of ketones is 1. The molecule has 1 saturated heterocycles. The molecule has 3 rings (SSSR count). The molecule has 0 aromatic heterocycles. The number of rotatable bonds is 3. The van der Waals surface area contributed by atoms with Crippen LogP contribution in [0.25, 0.3) is 0 Å². The zero-order valence-corrected chi connectivity index (χ0v) is 11.8. The molecule has 20 heavy (non-hydrogen) atoms. The fourth-order valence-corrected chi connectivity index (χ4v) is 2.61. The van der Waals surface area contributed by atoms with Gasteiger partial charge in [0.15, 0.2) is 17.3 Å². The van der Waals surface area contributed by atoms with Crippen molar-refractivity contribution in [3.05, 3.63) is 23.8 Å². The van der Waals surface area contributed by atoms with E-state index in [-0.39, 0.29) is 18.2 Å². The minimum Gasteiger partial charge on any atom is -0.454 e. The molecule has 0 radical (unpaired) electrons. The molecule has 2 heterocycles. The van der Waals surface area contributed by atoms with Crippen LogP contribution in [0.2, 0.25) is 0 Å². The van der Waals surface area contributed by atoms with Gasteiger partial charge in [0.2, 0.25) is 6.79 Å². The number of hydrogen-bond donors (Lipinski definition) is 0. The Labute approximate surface area is 118 Å². The van der Waals surface area contributed by atoms with Crippen molar-refractivity contribution < 1.29 is 19.0 Å². The minimum atomic E-state index is -0.187. The van der Waals surface area contributed by atoms with E-state index in [2.05, 4.69) is 4.90 Å². The van der Waals surface area contributed by atoms with Crippen LogP contribution in [0.3, 0.4) is 0 Å². The van der Waals surface area contributed by atoms with Crippen LogP contribution in [0.15, 0.2) is 18.2 Å². The quantitative estimate of drug-likeness (QED) is 0.787. The highest BCUT2D eigenvalue weighted by Gasteiger charge is 2.28. The molecule has 0 aliphatic carbocycles. The molecule has 0 amide bonds. The maximum Gasteiger partial charge on any atom is 0.231 e. The van der Waals surface area contributed by atoms with Crippen molar-refractivity contribution in [2.45, 2.75) is 19.4 Å². The Morgan fingerprint density at radius 1 is 1.30 bits per heavy atom. The van der Waals surface area contributed by atoms with E-state index in [4.69, 9.17) is 14.2 Å². The molecule has 0 bridgehead atoms. The van der Waals surface area contributed by atoms with Gasteiger partial charge in [-0.15, -0.1) is 0 Å². The highest BCUT2D eigenvalue weighted by atomic mass is 16.7. The van der Waals surface area contributed by atoms with E-state index in [1.807, 2.05) is 13.8 Å². The van der Waals surface area contributed by atoms with Crippen molar-refractivity contribution in [3.63, 3.8) is 0 Å². The second-order valence-electron chi connectivity index (χ2n) is 5.81.